The number of benzene rings is 3. The second-order valence-corrected chi connectivity index (χ2v) is 9.57. The van der Waals surface area contributed by atoms with Gasteiger partial charge in [-0.1, -0.05) is 12.1 Å². The SMILES string of the molecule is CNc1ncc2cc(-c3cc(C(=O)Nc4cc(C(F)(F)F)ccc4O[C@@H](C)C4CC4)ccc3C)ccc2n1. The van der Waals surface area contributed by atoms with Crippen LogP contribution in [0.1, 0.15) is 41.3 Å². The van der Waals surface area contributed by atoms with E-state index >= 15 is 0 Å². The Labute approximate surface area is 218 Å². The first-order valence-electron chi connectivity index (χ1n) is 12.4. The summed E-state index contributed by atoms with van der Waals surface area (Å²) in [5.74, 6) is 0.577. The molecule has 1 aromatic heterocycles. The van der Waals surface area contributed by atoms with Gasteiger partial charge in [0.05, 0.1) is 22.9 Å². The first kappa shape index (κ1) is 25.5. The predicted octanol–water partition coefficient (Wildman–Crippen LogP) is 7.10. The van der Waals surface area contributed by atoms with Crippen LogP contribution in [0.5, 0.6) is 5.75 Å². The summed E-state index contributed by atoms with van der Waals surface area (Å²) in [6, 6.07) is 14.1. The van der Waals surface area contributed by atoms with Crippen molar-refractivity contribution in [3.8, 4) is 16.9 Å². The number of nitrogens with one attached hydrogen (secondary N) is 2. The molecule has 1 aliphatic carbocycles. The van der Waals surface area contributed by atoms with Gasteiger partial charge in [-0.25, -0.2) is 9.97 Å². The van der Waals surface area contributed by atoms with Crippen LogP contribution < -0.4 is 15.4 Å². The Balaban J connectivity index is 1.45. The summed E-state index contributed by atoms with van der Waals surface area (Å²) in [6.07, 6.45) is -0.943. The average molecular weight is 521 g/mol. The number of halogens is 3. The Kier molecular flexibility index (Phi) is 6.69. The molecule has 0 unspecified atom stereocenters. The number of alkyl halides is 3. The van der Waals surface area contributed by atoms with Crippen LogP contribution in [-0.2, 0) is 6.18 Å². The minimum absolute atomic E-state index is 0.0114. The molecule has 6 nitrogen and oxygen atoms in total. The van der Waals surface area contributed by atoms with E-state index in [1.165, 1.54) is 6.07 Å². The van der Waals surface area contributed by atoms with E-state index in [9.17, 15) is 18.0 Å². The van der Waals surface area contributed by atoms with E-state index in [0.717, 1.165) is 52.6 Å². The lowest BCUT2D eigenvalue weighted by Crippen LogP contribution is -2.18. The molecule has 0 spiro atoms. The number of hydrogen-bond donors (Lipinski definition) is 2. The van der Waals surface area contributed by atoms with E-state index < -0.39 is 17.6 Å². The summed E-state index contributed by atoms with van der Waals surface area (Å²) in [7, 11) is 1.75. The van der Waals surface area contributed by atoms with Crippen LogP contribution in [0, 0.1) is 12.8 Å². The zero-order valence-electron chi connectivity index (χ0n) is 21.2. The Bertz CT molecular complexity index is 1520. The fraction of sp³-hybridized carbons (Fsp3) is 0.276. The largest absolute Gasteiger partial charge is 0.488 e. The number of ether oxygens (including phenoxy) is 1. The third-order valence-corrected chi connectivity index (χ3v) is 6.77. The zero-order valence-corrected chi connectivity index (χ0v) is 21.2. The summed E-state index contributed by atoms with van der Waals surface area (Å²) in [6.45, 7) is 3.82. The number of fused-ring (bicyclic) bond motifs is 1. The fourth-order valence-electron chi connectivity index (χ4n) is 4.36. The van der Waals surface area contributed by atoms with Gasteiger partial charge in [0.25, 0.3) is 5.91 Å². The Morgan fingerprint density at radius 3 is 2.58 bits per heavy atom. The zero-order chi connectivity index (χ0) is 27.0. The molecular weight excluding hydrogens is 493 g/mol. The Morgan fingerprint density at radius 2 is 1.87 bits per heavy atom. The van der Waals surface area contributed by atoms with Gasteiger partial charge >= 0.3 is 6.18 Å². The number of rotatable bonds is 7. The molecule has 1 amide bonds. The molecule has 1 fully saturated rings. The molecule has 5 rings (SSSR count). The highest BCUT2D eigenvalue weighted by atomic mass is 19.4. The van der Waals surface area contributed by atoms with E-state index in [1.807, 2.05) is 38.1 Å². The van der Waals surface area contributed by atoms with Crippen LogP contribution in [0.25, 0.3) is 22.0 Å². The highest BCUT2D eigenvalue weighted by molar-refractivity contribution is 6.06. The first-order chi connectivity index (χ1) is 18.1. The molecule has 196 valence electrons. The third kappa shape index (κ3) is 5.41. The summed E-state index contributed by atoms with van der Waals surface area (Å²) in [4.78, 5) is 22.0. The van der Waals surface area contributed by atoms with Crippen LogP contribution in [0.4, 0.5) is 24.8 Å². The number of carbonyl (C=O) groups excluding carboxylic acids is 1. The van der Waals surface area contributed by atoms with E-state index in [0.29, 0.717) is 17.4 Å². The fourth-order valence-corrected chi connectivity index (χ4v) is 4.36. The van der Waals surface area contributed by atoms with Crippen molar-refractivity contribution < 1.29 is 22.7 Å². The maximum atomic E-state index is 13.4. The van der Waals surface area contributed by atoms with Gasteiger partial charge in [-0.3, -0.25) is 4.79 Å². The van der Waals surface area contributed by atoms with E-state index in [1.54, 1.807) is 25.4 Å². The summed E-state index contributed by atoms with van der Waals surface area (Å²) in [5.41, 5.74) is 2.84. The average Bonchev–Trinajstić information content (AvgIpc) is 3.74. The van der Waals surface area contributed by atoms with Crippen LogP contribution in [0.15, 0.2) is 60.8 Å². The van der Waals surface area contributed by atoms with Crippen LogP contribution in [0.2, 0.25) is 0 Å². The third-order valence-electron chi connectivity index (χ3n) is 6.77. The summed E-state index contributed by atoms with van der Waals surface area (Å²) >= 11 is 0. The van der Waals surface area contributed by atoms with Crippen molar-refractivity contribution >= 4 is 28.4 Å². The second kappa shape index (κ2) is 9.96. The smallest absolute Gasteiger partial charge is 0.416 e. The van der Waals surface area contributed by atoms with Gasteiger partial charge in [0, 0.05) is 24.2 Å². The number of amides is 1. The molecule has 0 aliphatic heterocycles. The van der Waals surface area contributed by atoms with Gasteiger partial charge < -0.3 is 15.4 Å². The lowest BCUT2D eigenvalue weighted by Gasteiger charge is -2.19. The minimum Gasteiger partial charge on any atom is -0.488 e. The molecule has 38 heavy (non-hydrogen) atoms. The van der Waals surface area contributed by atoms with Crippen molar-refractivity contribution in [2.75, 3.05) is 17.7 Å². The van der Waals surface area contributed by atoms with Gasteiger partial charge in [-0.2, -0.15) is 13.2 Å². The molecular formula is C29H27F3N4O2. The monoisotopic (exact) mass is 520 g/mol. The standard InChI is InChI=1S/C29H27F3N4O2/c1-16-4-5-20(13-23(16)19-8-10-24-21(12-19)15-34-28(33-3)36-24)27(37)35-25-14-22(29(30,31)32)9-11-26(25)38-17(2)18-6-7-18/h4-5,8-15,17-18H,6-7H2,1-3H3,(H,35,37)(H,33,34,36)/t17-/m0/s1. The van der Waals surface area contributed by atoms with Gasteiger partial charge in [0.1, 0.15) is 5.75 Å². The van der Waals surface area contributed by atoms with E-state index in [-0.39, 0.29) is 17.5 Å². The molecule has 4 aromatic rings. The lowest BCUT2D eigenvalue weighted by atomic mass is 9.97. The molecule has 1 atom stereocenters. The Morgan fingerprint density at radius 1 is 1.08 bits per heavy atom. The number of carbonyl (C=O) groups is 1. The number of aromatic nitrogens is 2. The molecule has 0 bridgehead atoms. The van der Waals surface area contributed by atoms with Crippen LogP contribution >= 0.6 is 0 Å². The van der Waals surface area contributed by atoms with Crippen molar-refractivity contribution in [2.24, 2.45) is 5.92 Å². The first-order valence-corrected chi connectivity index (χ1v) is 12.4. The van der Waals surface area contributed by atoms with Gasteiger partial charge in [-0.15, -0.1) is 0 Å². The highest BCUT2D eigenvalue weighted by Crippen LogP contribution is 2.39. The molecule has 1 saturated carbocycles. The lowest BCUT2D eigenvalue weighted by molar-refractivity contribution is -0.137. The minimum atomic E-state index is -4.55. The summed E-state index contributed by atoms with van der Waals surface area (Å²) in [5, 5.41) is 6.40. The topological polar surface area (TPSA) is 76.1 Å². The second-order valence-electron chi connectivity index (χ2n) is 9.57. The molecule has 0 saturated heterocycles. The molecule has 3 aromatic carbocycles. The molecule has 1 aliphatic rings. The number of aryl methyl sites for hydroxylation is 1. The van der Waals surface area contributed by atoms with Gasteiger partial charge in [-0.05, 0) is 91.8 Å². The van der Waals surface area contributed by atoms with Crippen LogP contribution in [-0.4, -0.2) is 29.0 Å². The van der Waals surface area contributed by atoms with Gasteiger partial charge in [0.2, 0.25) is 5.95 Å². The van der Waals surface area contributed by atoms with E-state index in [4.69, 9.17) is 4.74 Å². The molecule has 9 heteroatoms. The number of hydrogen-bond acceptors (Lipinski definition) is 5. The Hall–Kier alpha value is -4.14. The van der Waals surface area contributed by atoms with Crippen molar-refractivity contribution in [2.45, 2.75) is 39.0 Å². The number of nitrogens with zero attached hydrogens (tertiary/aromatic N) is 2. The maximum Gasteiger partial charge on any atom is 0.416 e. The molecule has 2 N–H and O–H groups in total. The highest BCUT2D eigenvalue weighted by Gasteiger charge is 2.33. The summed E-state index contributed by atoms with van der Waals surface area (Å²) < 4.78 is 46.2. The van der Waals surface area contributed by atoms with Crippen molar-refractivity contribution in [1.29, 1.82) is 0 Å². The molecule has 0 radical (unpaired) electrons. The van der Waals surface area contributed by atoms with Crippen molar-refractivity contribution in [3.05, 3.63) is 77.5 Å². The quantitative estimate of drug-likeness (QED) is 0.272. The maximum absolute atomic E-state index is 13.4. The normalized spacial score (nSPS) is 14.3. The van der Waals surface area contributed by atoms with Crippen LogP contribution in [0.3, 0.4) is 0 Å². The van der Waals surface area contributed by atoms with E-state index in [2.05, 4.69) is 20.6 Å². The molecule has 1 heterocycles. The van der Waals surface area contributed by atoms with Crippen molar-refractivity contribution in [3.63, 3.8) is 0 Å². The van der Waals surface area contributed by atoms with Gasteiger partial charge in [0.15, 0.2) is 0 Å². The predicted molar refractivity (Wildman–Crippen MR) is 141 cm³/mol. The number of anilines is 2. The van der Waals surface area contributed by atoms with Crippen molar-refractivity contribution in [1.82, 2.24) is 9.97 Å².